The Morgan fingerprint density at radius 2 is 1.50 bits per heavy atom. The van der Waals surface area contributed by atoms with Crippen LogP contribution in [-0.4, -0.2) is 21.0 Å². The van der Waals surface area contributed by atoms with E-state index in [0.717, 1.165) is 5.69 Å². The smallest absolute Gasteiger partial charge is 0.326 e. The molecule has 22 heavy (non-hydrogen) atoms. The van der Waals surface area contributed by atoms with Gasteiger partial charge in [-0.05, 0) is 18.1 Å². The highest BCUT2D eigenvalue weighted by atomic mass is 16.4. The van der Waals surface area contributed by atoms with E-state index in [1.165, 1.54) is 0 Å². The van der Waals surface area contributed by atoms with Gasteiger partial charge in [-0.3, -0.25) is 4.79 Å². The Labute approximate surface area is 128 Å². The third-order valence-corrected chi connectivity index (χ3v) is 3.79. The number of carboxylic acids is 1. The molecule has 4 nitrogen and oxygen atoms in total. The minimum absolute atomic E-state index is 0.412. The highest BCUT2D eigenvalue weighted by Crippen LogP contribution is 2.37. The molecule has 3 rings (SSSR count). The Morgan fingerprint density at radius 1 is 1.00 bits per heavy atom. The number of aromatic nitrogens is 2. The number of benzene rings is 2. The van der Waals surface area contributed by atoms with E-state index in [2.05, 4.69) is 9.97 Å². The summed E-state index contributed by atoms with van der Waals surface area (Å²) in [6.45, 7) is 1.86. The maximum atomic E-state index is 12.4. The van der Waals surface area contributed by atoms with Gasteiger partial charge in [-0.1, -0.05) is 60.7 Å². The van der Waals surface area contributed by atoms with Crippen molar-refractivity contribution in [3.63, 3.8) is 0 Å². The van der Waals surface area contributed by atoms with Crippen molar-refractivity contribution in [3.8, 4) is 0 Å². The first-order chi connectivity index (χ1) is 10.7. The molecule has 3 aromatic rings. The number of hydrogen-bond donors (Lipinski definition) is 2. The van der Waals surface area contributed by atoms with Crippen molar-refractivity contribution >= 4 is 5.97 Å². The van der Waals surface area contributed by atoms with E-state index in [9.17, 15) is 9.90 Å². The van der Waals surface area contributed by atoms with Gasteiger partial charge in [-0.25, -0.2) is 4.98 Å². The molecular formula is C18H16N2O2. The third-order valence-electron chi connectivity index (χ3n) is 3.79. The number of aliphatic carboxylic acids is 1. The second-order valence-electron chi connectivity index (χ2n) is 5.20. The molecule has 1 heterocycles. The highest BCUT2D eigenvalue weighted by molar-refractivity contribution is 5.89. The number of carboxylic acid groups (broad SMARTS) is 1. The molecule has 0 fully saturated rings. The minimum Gasteiger partial charge on any atom is -0.480 e. The van der Waals surface area contributed by atoms with Crippen molar-refractivity contribution in [3.05, 3.63) is 89.5 Å². The highest BCUT2D eigenvalue weighted by Gasteiger charge is 2.46. The van der Waals surface area contributed by atoms with E-state index in [0.29, 0.717) is 17.0 Å². The lowest BCUT2D eigenvalue weighted by Crippen LogP contribution is -2.39. The van der Waals surface area contributed by atoms with Gasteiger partial charge in [0.05, 0.1) is 0 Å². The fourth-order valence-electron chi connectivity index (χ4n) is 2.77. The molecule has 4 heteroatoms. The zero-order chi connectivity index (χ0) is 15.6. The lowest BCUT2D eigenvalue weighted by molar-refractivity contribution is -0.140. The maximum absolute atomic E-state index is 12.4. The molecule has 0 aliphatic carbocycles. The van der Waals surface area contributed by atoms with E-state index >= 15 is 0 Å². The normalized spacial score (nSPS) is 11.3. The van der Waals surface area contributed by atoms with E-state index in [4.69, 9.17) is 0 Å². The van der Waals surface area contributed by atoms with Crippen molar-refractivity contribution in [2.24, 2.45) is 0 Å². The lowest BCUT2D eigenvalue weighted by atomic mass is 9.73. The quantitative estimate of drug-likeness (QED) is 0.776. The summed E-state index contributed by atoms with van der Waals surface area (Å²) in [6, 6.07) is 18.4. The summed E-state index contributed by atoms with van der Waals surface area (Å²) >= 11 is 0. The number of rotatable bonds is 4. The number of aromatic amines is 1. The Bertz CT molecular complexity index is 740. The van der Waals surface area contributed by atoms with Gasteiger partial charge < -0.3 is 10.1 Å². The van der Waals surface area contributed by atoms with Crippen LogP contribution in [0.15, 0.2) is 66.9 Å². The summed E-state index contributed by atoms with van der Waals surface area (Å²) in [5.74, 6) is -0.547. The first-order valence-corrected chi connectivity index (χ1v) is 7.02. The van der Waals surface area contributed by atoms with Gasteiger partial charge in [0.2, 0.25) is 0 Å². The molecule has 0 spiro atoms. The second-order valence-corrected chi connectivity index (χ2v) is 5.20. The number of aryl methyl sites for hydroxylation is 1. The molecule has 0 unspecified atom stereocenters. The fourth-order valence-corrected chi connectivity index (χ4v) is 2.77. The number of H-pyrrole nitrogens is 1. The van der Waals surface area contributed by atoms with Crippen LogP contribution in [0.1, 0.15) is 22.6 Å². The van der Waals surface area contributed by atoms with Crippen molar-refractivity contribution in [2.75, 3.05) is 0 Å². The number of nitrogens with one attached hydrogen (secondary N) is 1. The van der Waals surface area contributed by atoms with E-state index < -0.39 is 11.4 Å². The summed E-state index contributed by atoms with van der Waals surface area (Å²) in [7, 11) is 0. The molecular weight excluding hydrogens is 276 g/mol. The Hall–Kier alpha value is -2.88. The van der Waals surface area contributed by atoms with Crippen LogP contribution < -0.4 is 0 Å². The van der Waals surface area contributed by atoms with E-state index in [1.54, 1.807) is 6.20 Å². The van der Waals surface area contributed by atoms with Crippen LogP contribution in [-0.2, 0) is 10.2 Å². The molecule has 2 aromatic carbocycles. The minimum atomic E-state index is -1.35. The van der Waals surface area contributed by atoms with Gasteiger partial charge in [0, 0.05) is 11.9 Å². The van der Waals surface area contributed by atoms with Crippen molar-refractivity contribution in [1.29, 1.82) is 0 Å². The predicted octanol–water partition coefficient (Wildman–Crippen LogP) is 3.14. The topological polar surface area (TPSA) is 66.0 Å². The van der Waals surface area contributed by atoms with Crippen LogP contribution in [0.2, 0.25) is 0 Å². The zero-order valence-electron chi connectivity index (χ0n) is 12.2. The molecule has 0 aliphatic rings. The third kappa shape index (κ3) is 2.09. The van der Waals surface area contributed by atoms with Crippen LogP contribution in [0.25, 0.3) is 0 Å². The first-order valence-electron chi connectivity index (χ1n) is 7.02. The number of nitrogens with zero attached hydrogens (tertiary/aromatic N) is 1. The van der Waals surface area contributed by atoms with E-state index in [1.807, 2.05) is 67.6 Å². The monoisotopic (exact) mass is 292 g/mol. The molecule has 0 radical (unpaired) electrons. The Balaban J connectivity index is 2.36. The van der Waals surface area contributed by atoms with Gasteiger partial charge >= 0.3 is 5.97 Å². The van der Waals surface area contributed by atoms with Crippen LogP contribution >= 0.6 is 0 Å². The summed E-state index contributed by atoms with van der Waals surface area (Å²) in [5.41, 5.74) is 0.815. The molecule has 0 aliphatic heterocycles. The number of carbonyl (C=O) groups is 1. The zero-order valence-corrected chi connectivity index (χ0v) is 12.2. The predicted molar refractivity (Wildman–Crippen MR) is 83.7 cm³/mol. The molecule has 0 atom stereocenters. The second kappa shape index (κ2) is 5.48. The van der Waals surface area contributed by atoms with Gasteiger partial charge in [0.1, 0.15) is 5.82 Å². The maximum Gasteiger partial charge on any atom is 0.326 e. The van der Waals surface area contributed by atoms with Gasteiger partial charge in [0.15, 0.2) is 5.41 Å². The Morgan fingerprint density at radius 3 is 1.86 bits per heavy atom. The van der Waals surface area contributed by atoms with Crippen molar-refractivity contribution in [2.45, 2.75) is 12.3 Å². The number of imidazole rings is 1. The van der Waals surface area contributed by atoms with E-state index in [-0.39, 0.29) is 0 Å². The molecule has 0 saturated carbocycles. The standard InChI is InChI=1S/C18H16N2O2/c1-13-12-19-16(20-13)18(17(21)22,14-8-4-2-5-9-14)15-10-6-3-7-11-15/h2-12H,1H3,(H,19,20)(H,21,22). The van der Waals surface area contributed by atoms with Crippen LogP contribution in [0.3, 0.4) is 0 Å². The van der Waals surface area contributed by atoms with Gasteiger partial charge in [-0.15, -0.1) is 0 Å². The average molecular weight is 292 g/mol. The SMILES string of the molecule is Cc1cnc(C(C(=O)O)(c2ccccc2)c2ccccc2)[nH]1. The average Bonchev–Trinajstić information content (AvgIpc) is 2.97. The van der Waals surface area contributed by atoms with Gasteiger partial charge in [-0.2, -0.15) is 0 Å². The van der Waals surface area contributed by atoms with Crippen molar-refractivity contribution in [1.82, 2.24) is 9.97 Å². The molecule has 110 valence electrons. The Kier molecular flexibility index (Phi) is 3.51. The van der Waals surface area contributed by atoms with Gasteiger partial charge in [0.25, 0.3) is 0 Å². The summed E-state index contributed by atoms with van der Waals surface area (Å²) in [6.07, 6.45) is 1.65. The summed E-state index contributed by atoms with van der Waals surface area (Å²) in [5, 5.41) is 10.1. The molecule has 1 aromatic heterocycles. The summed E-state index contributed by atoms with van der Waals surface area (Å²) in [4.78, 5) is 19.8. The molecule has 0 bridgehead atoms. The molecule has 0 saturated heterocycles. The lowest BCUT2D eigenvalue weighted by Gasteiger charge is -2.28. The van der Waals surface area contributed by atoms with Crippen LogP contribution in [0, 0.1) is 6.92 Å². The largest absolute Gasteiger partial charge is 0.480 e. The van der Waals surface area contributed by atoms with Crippen molar-refractivity contribution < 1.29 is 9.90 Å². The number of hydrogen-bond acceptors (Lipinski definition) is 2. The van der Waals surface area contributed by atoms with Crippen LogP contribution in [0.5, 0.6) is 0 Å². The van der Waals surface area contributed by atoms with Crippen LogP contribution in [0.4, 0.5) is 0 Å². The fraction of sp³-hybridized carbons (Fsp3) is 0.111. The summed E-state index contributed by atoms with van der Waals surface area (Å²) < 4.78 is 0. The molecule has 0 amide bonds. The first kappa shape index (κ1) is 14.1. The molecule has 2 N–H and O–H groups in total.